The van der Waals surface area contributed by atoms with Gasteiger partial charge in [-0.15, -0.1) is 11.3 Å². The van der Waals surface area contributed by atoms with Crippen LogP contribution in [0.3, 0.4) is 0 Å². The molecule has 1 aromatic carbocycles. The van der Waals surface area contributed by atoms with E-state index in [-0.39, 0.29) is 23.7 Å². The Kier molecular flexibility index (Phi) is 6.32. The average Bonchev–Trinajstić information content (AvgIpc) is 3.28. The van der Waals surface area contributed by atoms with Gasteiger partial charge in [0.15, 0.2) is 0 Å². The normalized spacial score (nSPS) is 16.4. The second-order valence-corrected chi connectivity index (χ2v) is 8.39. The monoisotopic (exact) mass is 409 g/mol. The molecular weight excluding hydrogens is 385 g/mol. The molecule has 150 valence electrons. The Labute approximate surface area is 174 Å². The van der Waals surface area contributed by atoms with E-state index in [1.165, 1.54) is 17.7 Å². The first-order valence-corrected chi connectivity index (χ1v) is 10.8. The number of nitrogens with one attached hydrogen (secondary N) is 1. The standard InChI is InChI=1S/C23H24FN3OS/c24-20-5-3-18(4-6-20)22(21-2-1-15-29-21)26-23(28)19-9-13-27(14-10-19)16-17-7-11-25-12-8-17/h1-8,11-12,15,19,22H,9-10,13-14,16H2,(H,26,28). The number of likely N-dealkylation sites (tertiary alicyclic amines) is 1. The third-order valence-corrected chi connectivity index (χ3v) is 6.37. The van der Waals surface area contributed by atoms with Crippen LogP contribution in [-0.4, -0.2) is 28.9 Å². The van der Waals surface area contributed by atoms with Crippen molar-refractivity contribution >= 4 is 17.2 Å². The summed E-state index contributed by atoms with van der Waals surface area (Å²) in [5, 5.41) is 5.21. The van der Waals surface area contributed by atoms with Crippen molar-refractivity contribution in [2.24, 2.45) is 5.92 Å². The van der Waals surface area contributed by atoms with E-state index in [1.807, 2.05) is 42.0 Å². The van der Waals surface area contributed by atoms with E-state index in [4.69, 9.17) is 0 Å². The number of halogens is 1. The van der Waals surface area contributed by atoms with Gasteiger partial charge < -0.3 is 5.32 Å². The van der Waals surface area contributed by atoms with Crippen molar-refractivity contribution in [1.29, 1.82) is 0 Å². The molecule has 1 atom stereocenters. The molecule has 0 spiro atoms. The molecular formula is C23H24FN3OS. The van der Waals surface area contributed by atoms with Crippen LogP contribution in [0.4, 0.5) is 4.39 Å². The SMILES string of the molecule is O=C(NC(c1ccc(F)cc1)c1cccs1)C1CCN(Cc2ccncc2)CC1. The van der Waals surface area contributed by atoms with Gasteiger partial charge in [0.05, 0.1) is 6.04 Å². The Hall–Kier alpha value is -2.57. The lowest BCUT2D eigenvalue weighted by Crippen LogP contribution is -2.41. The lowest BCUT2D eigenvalue weighted by molar-refractivity contribution is -0.127. The second-order valence-electron chi connectivity index (χ2n) is 7.41. The van der Waals surface area contributed by atoms with Crippen LogP contribution in [0.15, 0.2) is 66.3 Å². The average molecular weight is 410 g/mol. The largest absolute Gasteiger partial charge is 0.344 e. The highest BCUT2D eigenvalue weighted by Crippen LogP contribution is 2.28. The van der Waals surface area contributed by atoms with E-state index >= 15 is 0 Å². The maximum absolute atomic E-state index is 13.3. The highest BCUT2D eigenvalue weighted by atomic mass is 32.1. The molecule has 3 heterocycles. The number of benzene rings is 1. The molecule has 1 aliphatic rings. The third-order valence-electron chi connectivity index (χ3n) is 5.43. The molecule has 1 N–H and O–H groups in total. The molecule has 4 rings (SSSR count). The van der Waals surface area contributed by atoms with E-state index in [0.29, 0.717) is 0 Å². The van der Waals surface area contributed by atoms with Crippen LogP contribution in [0.2, 0.25) is 0 Å². The summed E-state index contributed by atoms with van der Waals surface area (Å²) in [6.07, 6.45) is 5.32. The first-order chi connectivity index (χ1) is 14.2. The molecule has 1 saturated heterocycles. The Morgan fingerprint density at radius 3 is 2.52 bits per heavy atom. The van der Waals surface area contributed by atoms with Gasteiger partial charge in [0, 0.05) is 29.7 Å². The number of carbonyl (C=O) groups excluding carboxylic acids is 1. The predicted octanol–water partition coefficient (Wildman–Crippen LogP) is 4.40. The quantitative estimate of drug-likeness (QED) is 0.656. The van der Waals surface area contributed by atoms with Crippen LogP contribution < -0.4 is 5.32 Å². The fourth-order valence-corrected chi connectivity index (χ4v) is 4.59. The number of piperidine rings is 1. The Bertz CT molecular complexity index is 907. The van der Waals surface area contributed by atoms with Gasteiger partial charge in [0.1, 0.15) is 5.82 Å². The minimum atomic E-state index is -0.272. The summed E-state index contributed by atoms with van der Waals surface area (Å²) in [4.78, 5) is 20.5. The van der Waals surface area contributed by atoms with Crippen molar-refractivity contribution in [3.05, 3.63) is 88.1 Å². The summed E-state index contributed by atoms with van der Waals surface area (Å²) in [5.41, 5.74) is 2.15. The Morgan fingerprint density at radius 2 is 1.86 bits per heavy atom. The summed E-state index contributed by atoms with van der Waals surface area (Å²) in [5.74, 6) is -0.186. The molecule has 0 saturated carbocycles. The lowest BCUT2D eigenvalue weighted by atomic mass is 9.94. The van der Waals surface area contributed by atoms with Gasteiger partial charge in [-0.25, -0.2) is 4.39 Å². The van der Waals surface area contributed by atoms with Crippen molar-refractivity contribution in [3.8, 4) is 0 Å². The zero-order valence-electron chi connectivity index (χ0n) is 16.1. The molecule has 4 nitrogen and oxygen atoms in total. The van der Waals surface area contributed by atoms with Gasteiger partial charge in [-0.3, -0.25) is 14.7 Å². The molecule has 1 aliphatic heterocycles. The molecule has 6 heteroatoms. The smallest absolute Gasteiger partial charge is 0.223 e. The number of thiophene rings is 1. The van der Waals surface area contributed by atoms with Gasteiger partial charge in [-0.05, 0) is 72.8 Å². The number of pyridine rings is 1. The Balaban J connectivity index is 1.38. The summed E-state index contributed by atoms with van der Waals surface area (Å²) >= 11 is 1.60. The van der Waals surface area contributed by atoms with E-state index in [0.717, 1.165) is 42.9 Å². The maximum atomic E-state index is 13.3. The van der Waals surface area contributed by atoms with E-state index < -0.39 is 0 Å². The number of hydrogen-bond donors (Lipinski definition) is 1. The fourth-order valence-electron chi connectivity index (χ4n) is 3.79. The first-order valence-electron chi connectivity index (χ1n) is 9.89. The van der Waals surface area contributed by atoms with Crippen molar-refractivity contribution < 1.29 is 9.18 Å². The minimum absolute atomic E-state index is 0.00611. The van der Waals surface area contributed by atoms with Gasteiger partial charge in [-0.1, -0.05) is 18.2 Å². The summed E-state index contributed by atoms with van der Waals surface area (Å²) in [6, 6.07) is 14.2. The molecule has 2 aromatic heterocycles. The number of carbonyl (C=O) groups is 1. The van der Waals surface area contributed by atoms with Gasteiger partial charge in [-0.2, -0.15) is 0 Å². The van der Waals surface area contributed by atoms with Gasteiger partial charge in [0.25, 0.3) is 0 Å². The molecule has 0 aliphatic carbocycles. The van der Waals surface area contributed by atoms with Crippen molar-refractivity contribution in [3.63, 3.8) is 0 Å². The lowest BCUT2D eigenvalue weighted by Gasteiger charge is -2.32. The maximum Gasteiger partial charge on any atom is 0.223 e. The second kappa shape index (κ2) is 9.29. The Morgan fingerprint density at radius 1 is 1.14 bits per heavy atom. The van der Waals surface area contributed by atoms with Crippen LogP contribution in [0.5, 0.6) is 0 Å². The van der Waals surface area contributed by atoms with Crippen LogP contribution in [-0.2, 0) is 11.3 Å². The van der Waals surface area contributed by atoms with E-state index in [9.17, 15) is 9.18 Å². The minimum Gasteiger partial charge on any atom is -0.344 e. The molecule has 1 fully saturated rings. The van der Waals surface area contributed by atoms with E-state index in [2.05, 4.69) is 15.2 Å². The molecule has 0 radical (unpaired) electrons. The molecule has 1 unspecified atom stereocenters. The number of nitrogens with zero attached hydrogens (tertiary/aromatic N) is 2. The van der Waals surface area contributed by atoms with Crippen LogP contribution in [0, 0.1) is 11.7 Å². The van der Waals surface area contributed by atoms with E-state index in [1.54, 1.807) is 23.5 Å². The number of rotatable bonds is 6. The van der Waals surface area contributed by atoms with Gasteiger partial charge in [0.2, 0.25) is 5.91 Å². The topological polar surface area (TPSA) is 45.2 Å². The first kappa shape index (κ1) is 19.7. The molecule has 1 amide bonds. The summed E-state index contributed by atoms with van der Waals surface area (Å²) in [7, 11) is 0. The molecule has 29 heavy (non-hydrogen) atoms. The predicted molar refractivity (Wildman–Crippen MR) is 113 cm³/mol. The molecule has 3 aromatic rings. The van der Waals surface area contributed by atoms with Crippen molar-refractivity contribution in [2.75, 3.05) is 13.1 Å². The number of hydrogen-bond acceptors (Lipinski definition) is 4. The van der Waals surface area contributed by atoms with Gasteiger partial charge >= 0.3 is 0 Å². The fraction of sp³-hybridized carbons (Fsp3) is 0.304. The number of aromatic nitrogens is 1. The number of amides is 1. The zero-order valence-corrected chi connectivity index (χ0v) is 16.9. The highest BCUT2D eigenvalue weighted by molar-refractivity contribution is 7.10. The zero-order chi connectivity index (χ0) is 20.1. The third kappa shape index (κ3) is 5.08. The van der Waals surface area contributed by atoms with Crippen molar-refractivity contribution in [2.45, 2.75) is 25.4 Å². The summed E-state index contributed by atoms with van der Waals surface area (Å²) in [6.45, 7) is 2.70. The highest BCUT2D eigenvalue weighted by Gasteiger charge is 2.27. The van der Waals surface area contributed by atoms with Crippen LogP contribution >= 0.6 is 11.3 Å². The van der Waals surface area contributed by atoms with Crippen LogP contribution in [0.1, 0.15) is 34.9 Å². The van der Waals surface area contributed by atoms with Crippen LogP contribution in [0.25, 0.3) is 0 Å². The summed E-state index contributed by atoms with van der Waals surface area (Å²) < 4.78 is 13.3. The molecule has 0 bridgehead atoms. The van der Waals surface area contributed by atoms with Crippen molar-refractivity contribution in [1.82, 2.24) is 15.2 Å².